The summed E-state index contributed by atoms with van der Waals surface area (Å²) in [6.45, 7) is 2.33. The Hall–Kier alpha value is -2.11. The summed E-state index contributed by atoms with van der Waals surface area (Å²) in [5.74, 6) is -0.444. The first-order chi connectivity index (χ1) is 8.67. The number of ether oxygens (including phenoxy) is 1. The quantitative estimate of drug-likeness (QED) is 0.616. The average molecular weight is 252 g/mol. The third kappa shape index (κ3) is 2.13. The maximum atomic E-state index is 13.2. The van der Waals surface area contributed by atoms with Crippen LogP contribution < -0.4 is 4.90 Å². The second kappa shape index (κ2) is 5.03. The summed E-state index contributed by atoms with van der Waals surface area (Å²) in [6, 6.07) is 3.98. The Bertz CT molecular complexity index is 502. The van der Waals surface area contributed by atoms with Crippen molar-refractivity contribution in [3.63, 3.8) is 0 Å². The lowest BCUT2D eigenvalue weighted by atomic mass is 10.00. The van der Waals surface area contributed by atoms with Crippen molar-refractivity contribution >= 4 is 17.5 Å². The van der Waals surface area contributed by atoms with Gasteiger partial charge in [0.25, 0.3) is 0 Å². The number of carbonyl (C=O) groups is 1. The number of rotatable bonds is 1. The monoisotopic (exact) mass is 252 g/mol. The van der Waals surface area contributed by atoms with Gasteiger partial charge in [-0.15, -0.1) is 0 Å². The molecule has 0 aromatic heterocycles. The minimum absolute atomic E-state index is 0.271. The highest BCUT2D eigenvalue weighted by Crippen LogP contribution is 2.28. The normalized spacial score (nSPS) is 16.6. The van der Waals surface area contributed by atoms with Crippen LogP contribution in [0.3, 0.4) is 0 Å². The highest BCUT2D eigenvalue weighted by Gasteiger charge is 2.27. The van der Waals surface area contributed by atoms with Crippen LogP contribution >= 0.6 is 0 Å². The number of benzene rings is 1. The molecule has 0 fully saturated rings. The molecule has 0 saturated heterocycles. The van der Waals surface area contributed by atoms with Crippen LogP contribution in [0.25, 0.3) is 0 Å². The molecule has 1 aromatic carbocycles. The van der Waals surface area contributed by atoms with Crippen LogP contribution in [0.15, 0.2) is 23.4 Å². The van der Waals surface area contributed by atoms with Crippen molar-refractivity contribution in [3.8, 4) is 0 Å². The Labute approximate surface area is 103 Å². The van der Waals surface area contributed by atoms with Crippen molar-refractivity contribution in [2.45, 2.75) is 13.3 Å². The zero-order valence-electron chi connectivity index (χ0n) is 9.89. The van der Waals surface area contributed by atoms with Gasteiger partial charge < -0.3 is 9.94 Å². The van der Waals surface area contributed by atoms with Crippen molar-refractivity contribution in [1.29, 1.82) is 0 Å². The van der Waals surface area contributed by atoms with Gasteiger partial charge in [0.2, 0.25) is 0 Å². The fourth-order valence-corrected chi connectivity index (χ4v) is 1.94. The van der Waals surface area contributed by atoms with E-state index in [1.54, 1.807) is 6.92 Å². The maximum Gasteiger partial charge on any atom is 0.414 e. The van der Waals surface area contributed by atoms with Crippen molar-refractivity contribution < 1.29 is 19.1 Å². The molecule has 5 nitrogen and oxygen atoms in total. The van der Waals surface area contributed by atoms with E-state index in [1.807, 2.05) is 0 Å². The number of amides is 1. The van der Waals surface area contributed by atoms with Gasteiger partial charge in [0.15, 0.2) is 0 Å². The van der Waals surface area contributed by atoms with Crippen molar-refractivity contribution in [1.82, 2.24) is 0 Å². The minimum Gasteiger partial charge on any atom is -0.449 e. The molecule has 2 rings (SSSR count). The number of hydrogen-bond acceptors (Lipinski definition) is 4. The van der Waals surface area contributed by atoms with Gasteiger partial charge in [-0.1, -0.05) is 5.16 Å². The molecule has 0 aliphatic carbocycles. The van der Waals surface area contributed by atoms with Crippen LogP contribution in [0, 0.1) is 5.82 Å². The van der Waals surface area contributed by atoms with Gasteiger partial charge in [0.05, 0.1) is 18.0 Å². The zero-order chi connectivity index (χ0) is 13.1. The molecule has 18 heavy (non-hydrogen) atoms. The van der Waals surface area contributed by atoms with Crippen LogP contribution in [0.4, 0.5) is 14.9 Å². The van der Waals surface area contributed by atoms with Crippen LogP contribution in [0.5, 0.6) is 0 Å². The summed E-state index contributed by atoms with van der Waals surface area (Å²) in [6.07, 6.45) is -0.131. The van der Waals surface area contributed by atoms with Gasteiger partial charge in [0.1, 0.15) is 5.82 Å². The predicted octanol–water partition coefficient (Wildman–Crippen LogP) is 2.37. The Kier molecular flexibility index (Phi) is 3.45. The average Bonchev–Trinajstić information content (AvgIpc) is 2.37. The standard InChI is InChI=1S/C12H13FN2O3/c1-2-18-12(16)15-6-5-10(14-17)9-7-8(13)3-4-11(9)15/h3-4,7,17H,2,5-6H2,1H3/b14-10+. The molecule has 1 aliphatic rings. The lowest BCUT2D eigenvalue weighted by molar-refractivity contribution is 0.159. The molecule has 96 valence electrons. The van der Waals surface area contributed by atoms with Gasteiger partial charge in [0, 0.05) is 18.5 Å². The largest absolute Gasteiger partial charge is 0.449 e. The number of nitrogens with zero attached hydrogens (tertiary/aromatic N) is 2. The van der Waals surface area contributed by atoms with E-state index in [9.17, 15) is 9.18 Å². The topological polar surface area (TPSA) is 62.1 Å². The second-order valence-electron chi connectivity index (χ2n) is 3.81. The lowest BCUT2D eigenvalue weighted by Crippen LogP contribution is -2.38. The molecule has 1 aromatic rings. The summed E-state index contributed by atoms with van der Waals surface area (Å²) in [7, 11) is 0. The van der Waals surface area contributed by atoms with E-state index in [1.165, 1.54) is 23.1 Å². The molecule has 1 N–H and O–H groups in total. The van der Waals surface area contributed by atoms with E-state index < -0.39 is 11.9 Å². The van der Waals surface area contributed by atoms with Crippen molar-refractivity contribution in [2.24, 2.45) is 5.16 Å². The van der Waals surface area contributed by atoms with Gasteiger partial charge in [-0.25, -0.2) is 9.18 Å². The molecule has 0 saturated carbocycles. The molecule has 0 unspecified atom stereocenters. The number of halogens is 1. The molecule has 6 heteroatoms. The summed E-state index contributed by atoms with van der Waals surface area (Å²) in [4.78, 5) is 13.2. The first-order valence-corrected chi connectivity index (χ1v) is 5.62. The Balaban J connectivity index is 2.43. The highest BCUT2D eigenvalue weighted by molar-refractivity contribution is 6.10. The molecule has 0 radical (unpaired) electrons. The van der Waals surface area contributed by atoms with Crippen LogP contribution in [-0.2, 0) is 4.74 Å². The van der Waals surface area contributed by atoms with Gasteiger partial charge in [-0.3, -0.25) is 4.90 Å². The van der Waals surface area contributed by atoms with Gasteiger partial charge in [-0.2, -0.15) is 0 Å². The molecule has 1 aliphatic heterocycles. The van der Waals surface area contributed by atoms with Crippen LogP contribution in [0.1, 0.15) is 18.9 Å². The molecule has 0 atom stereocenters. The third-order valence-corrected chi connectivity index (χ3v) is 2.74. The lowest BCUT2D eigenvalue weighted by Gasteiger charge is -2.28. The number of anilines is 1. The van der Waals surface area contributed by atoms with Crippen molar-refractivity contribution in [2.75, 3.05) is 18.1 Å². The molecular formula is C12H13FN2O3. The van der Waals surface area contributed by atoms with E-state index in [4.69, 9.17) is 9.94 Å². The SMILES string of the molecule is CCOC(=O)N1CC/C(=N\O)c2cc(F)ccc21. The molecular weight excluding hydrogens is 239 g/mol. The smallest absolute Gasteiger partial charge is 0.414 e. The zero-order valence-corrected chi connectivity index (χ0v) is 9.89. The Morgan fingerprint density at radius 1 is 1.61 bits per heavy atom. The van der Waals surface area contributed by atoms with E-state index in [0.717, 1.165) is 0 Å². The molecule has 1 heterocycles. The molecule has 1 amide bonds. The first-order valence-electron chi connectivity index (χ1n) is 5.62. The molecule has 0 bridgehead atoms. The van der Waals surface area contributed by atoms with Crippen LogP contribution in [-0.4, -0.2) is 30.2 Å². The Morgan fingerprint density at radius 2 is 2.39 bits per heavy atom. The van der Waals surface area contributed by atoms with E-state index in [0.29, 0.717) is 29.9 Å². The fourth-order valence-electron chi connectivity index (χ4n) is 1.94. The first kappa shape index (κ1) is 12.3. The number of carbonyl (C=O) groups excluding carboxylic acids is 1. The summed E-state index contributed by atoms with van der Waals surface area (Å²) in [5, 5.41) is 12.0. The summed E-state index contributed by atoms with van der Waals surface area (Å²) >= 11 is 0. The number of oxime groups is 1. The Morgan fingerprint density at radius 3 is 3.06 bits per heavy atom. The van der Waals surface area contributed by atoms with Gasteiger partial charge >= 0.3 is 6.09 Å². The number of fused-ring (bicyclic) bond motifs is 1. The van der Waals surface area contributed by atoms with Gasteiger partial charge in [-0.05, 0) is 25.1 Å². The summed E-state index contributed by atoms with van der Waals surface area (Å²) < 4.78 is 18.1. The van der Waals surface area contributed by atoms with E-state index in [2.05, 4.69) is 5.16 Å². The van der Waals surface area contributed by atoms with Crippen LogP contribution in [0.2, 0.25) is 0 Å². The van der Waals surface area contributed by atoms with E-state index >= 15 is 0 Å². The van der Waals surface area contributed by atoms with E-state index in [-0.39, 0.29) is 6.61 Å². The fraction of sp³-hybridized carbons (Fsp3) is 0.333. The highest BCUT2D eigenvalue weighted by atomic mass is 19.1. The maximum absolute atomic E-state index is 13.2. The minimum atomic E-state index is -0.484. The number of hydrogen-bond donors (Lipinski definition) is 1. The predicted molar refractivity (Wildman–Crippen MR) is 63.7 cm³/mol. The molecule has 0 spiro atoms. The second-order valence-corrected chi connectivity index (χ2v) is 3.81. The third-order valence-electron chi connectivity index (χ3n) is 2.74. The summed E-state index contributed by atoms with van der Waals surface area (Å²) in [5.41, 5.74) is 1.27. The van der Waals surface area contributed by atoms with Crippen molar-refractivity contribution in [3.05, 3.63) is 29.6 Å².